The molecule has 24 heavy (non-hydrogen) atoms. The van der Waals surface area contributed by atoms with Gasteiger partial charge in [-0.15, -0.1) is 0 Å². The molecular formula is C15H17BrN4O4. The Balaban J connectivity index is 1.81. The Labute approximate surface area is 147 Å². The van der Waals surface area contributed by atoms with Crippen molar-refractivity contribution in [1.82, 2.24) is 9.80 Å². The van der Waals surface area contributed by atoms with E-state index in [0.717, 1.165) is 10.9 Å². The van der Waals surface area contributed by atoms with Crippen molar-refractivity contribution < 1.29 is 14.6 Å². The molecule has 1 aromatic carbocycles. The Hall–Kier alpha value is -2.00. The maximum atomic E-state index is 12.7. The summed E-state index contributed by atoms with van der Waals surface area (Å²) in [5, 5.41) is 13.6. The van der Waals surface area contributed by atoms with E-state index in [1.165, 1.54) is 4.90 Å². The van der Waals surface area contributed by atoms with Gasteiger partial charge >= 0.3 is 0 Å². The predicted molar refractivity (Wildman–Crippen MR) is 90.1 cm³/mol. The quantitative estimate of drug-likeness (QED) is 0.571. The molecule has 1 atom stereocenters. The number of nitrogens with zero attached hydrogens (tertiary/aromatic N) is 4. The summed E-state index contributed by atoms with van der Waals surface area (Å²) in [6, 6.07) is 6.95. The minimum Gasteiger partial charge on any atom is -0.381 e. The Morgan fingerprint density at radius 3 is 2.96 bits per heavy atom. The Kier molecular flexibility index (Phi) is 5.10. The van der Waals surface area contributed by atoms with Gasteiger partial charge in [0.1, 0.15) is 5.10 Å². The smallest absolute Gasteiger partial charge is 0.281 e. The van der Waals surface area contributed by atoms with Gasteiger partial charge in [0.25, 0.3) is 11.9 Å². The summed E-state index contributed by atoms with van der Waals surface area (Å²) in [6.45, 7) is 2.87. The van der Waals surface area contributed by atoms with Gasteiger partial charge in [-0.1, -0.05) is 22.0 Å². The standard InChI is InChI=1S/C15H17BrN4O4/c16-13-3-1-2-12(8-13)14(21)19-6-5-18(15(19)17-20(22)23)9-11-4-7-24-10-11/h1-3,8,11H,4-7,9-10H2. The van der Waals surface area contributed by atoms with Crippen LogP contribution in [0.15, 0.2) is 33.8 Å². The molecule has 1 unspecified atom stereocenters. The van der Waals surface area contributed by atoms with Gasteiger partial charge < -0.3 is 9.64 Å². The summed E-state index contributed by atoms with van der Waals surface area (Å²) in [5.41, 5.74) is 0.464. The van der Waals surface area contributed by atoms with Gasteiger partial charge in [0.2, 0.25) is 0 Å². The first-order chi connectivity index (χ1) is 11.5. The molecule has 2 aliphatic heterocycles. The highest BCUT2D eigenvalue weighted by molar-refractivity contribution is 9.10. The third kappa shape index (κ3) is 3.73. The summed E-state index contributed by atoms with van der Waals surface area (Å²) in [6.07, 6.45) is 0.918. The number of hydrogen-bond acceptors (Lipinski definition) is 4. The number of carbonyl (C=O) groups excluding carboxylic acids is 1. The molecule has 2 fully saturated rings. The van der Waals surface area contributed by atoms with E-state index in [0.29, 0.717) is 44.3 Å². The van der Waals surface area contributed by atoms with Gasteiger partial charge in [-0.3, -0.25) is 9.69 Å². The average Bonchev–Trinajstić information content (AvgIpc) is 3.18. The van der Waals surface area contributed by atoms with Crippen molar-refractivity contribution >= 4 is 27.8 Å². The Morgan fingerprint density at radius 1 is 1.46 bits per heavy atom. The average molecular weight is 397 g/mol. The number of guanidine groups is 1. The Morgan fingerprint density at radius 2 is 2.29 bits per heavy atom. The van der Waals surface area contributed by atoms with Crippen molar-refractivity contribution in [3.63, 3.8) is 0 Å². The number of hydrazone groups is 1. The second-order valence-electron chi connectivity index (χ2n) is 5.78. The topological polar surface area (TPSA) is 88.3 Å². The molecule has 128 valence electrons. The van der Waals surface area contributed by atoms with Gasteiger partial charge in [-0.25, -0.2) is 10.1 Å². The van der Waals surface area contributed by atoms with E-state index in [9.17, 15) is 14.9 Å². The molecule has 2 saturated heterocycles. The fourth-order valence-corrected chi connectivity index (χ4v) is 3.36. The summed E-state index contributed by atoms with van der Waals surface area (Å²) < 4.78 is 6.13. The van der Waals surface area contributed by atoms with Gasteiger partial charge in [0.15, 0.2) is 5.03 Å². The van der Waals surface area contributed by atoms with Crippen molar-refractivity contribution in [1.29, 1.82) is 0 Å². The molecule has 3 rings (SSSR count). The van der Waals surface area contributed by atoms with Crippen molar-refractivity contribution in [3.05, 3.63) is 44.4 Å². The van der Waals surface area contributed by atoms with Crippen LogP contribution in [-0.4, -0.2) is 59.5 Å². The van der Waals surface area contributed by atoms with Crippen LogP contribution in [0, 0.1) is 16.0 Å². The van der Waals surface area contributed by atoms with E-state index in [-0.39, 0.29) is 11.9 Å². The highest BCUT2D eigenvalue weighted by Gasteiger charge is 2.36. The monoisotopic (exact) mass is 396 g/mol. The number of amides is 1. The fraction of sp³-hybridized carbons (Fsp3) is 0.467. The van der Waals surface area contributed by atoms with Crippen molar-refractivity contribution in [2.45, 2.75) is 6.42 Å². The molecule has 0 aliphatic carbocycles. The van der Waals surface area contributed by atoms with Crippen LogP contribution in [0.3, 0.4) is 0 Å². The molecule has 0 radical (unpaired) electrons. The SMILES string of the molecule is O=C(c1cccc(Br)c1)N1CCN(CC2CCOC2)C1=N[N+](=O)[O-]. The number of rotatable bonds is 4. The van der Waals surface area contributed by atoms with E-state index in [1.54, 1.807) is 23.1 Å². The lowest BCUT2D eigenvalue weighted by atomic mass is 10.1. The molecule has 0 spiro atoms. The highest BCUT2D eigenvalue weighted by Crippen LogP contribution is 2.20. The first kappa shape index (κ1) is 16.8. The lowest BCUT2D eigenvalue weighted by Crippen LogP contribution is -2.40. The molecule has 9 heteroatoms. The highest BCUT2D eigenvalue weighted by atomic mass is 79.9. The summed E-state index contributed by atoms with van der Waals surface area (Å²) in [5.74, 6) is 0.127. The van der Waals surface area contributed by atoms with Crippen molar-refractivity contribution in [2.24, 2.45) is 11.0 Å². The van der Waals surface area contributed by atoms with Crippen LogP contribution in [0.5, 0.6) is 0 Å². The van der Waals surface area contributed by atoms with Crippen LogP contribution in [0.25, 0.3) is 0 Å². The fourth-order valence-electron chi connectivity index (χ4n) is 2.96. The van der Waals surface area contributed by atoms with E-state index < -0.39 is 5.03 Å². The van der Waals surface area contributed by atoms with Crippen molar-refractivity contribution in [2.75, 3.05) is 32.8 Å². The zero-order chi connectivity index (χ0) is 17.1. The molecule has 0 aromatic heterocycles. The maximum absolute atomic E-state index is 12.7. The molecule has 0 bridgehead atoms. The second-order valence-corrected chi connectivity index (χ2v) is 6.70. The largest absolute Gasteiger partial charge is 0.381 e. The lowest BCUT2D eigenvalue weighted by molar-refractivity contribution is -0.486. The number of ether oxygens (including phenoxy) is 1. The van der Waals surface area contributed by atoms with Crippen LogP contribution in [-0.2, 0) is 4.74 Å². The lowest BCUT2D eigenvalue weighted by Gasteiger charge is -2.21. The number of hydrogen-bond donors (Lipinski definition) is 0. The summed E-state index contributed by atoms with van der Waals surface area (Å²) in [7, 11) is 0. The van der Waals surface area contributed by atoms with Gasteiger partial charge in [-0.2, -0.15) is 0 Å². The molecule has 2 aliphatic rings. The summed E-state index contributed by atoms with van der Waals surface area (Å²) >= 11 is 3.33. The second kappa shape index (κ2) is 7.27. The van der Waals surface area contributed by atoms with Crippen LogP contribution in [0.1, 0.15) is 16.8 Å². The first-order valence-electron chi connectivity index (χ1n) is 7.67. The number of benzene rings is 1. The van der Waals surface area contributed by atoms with Gasteiger partial charge in [0, 0.05) is 42.2 Å². The minimum atomic E-state index is -0.750. The minimum absolute atomic E-state index is 0.108. The zero-order valence-electron chi connectivity index (χ0n) is 12.9. The molecule has 0 saturated carbocycles. The third-order valence-corrected chi connectivity index (χ3v) is 4.60. The molecule has 1 amide bonds. The van der Waals surface area contributed by atoms with Gasteiger partial charge in [0.05, 0.1) is 6.61 Å². The van der Waals surface area contributed by atoms with Crippen LogP contribution >= 0.6 is 15.9 Å². The Bertz CT molecular complexity index is 675. The molecule has 2 heterocycles. The summed E-state index contributed by atoms with van der Waals surface area (Å²) in [4.78, 5) is 26.8. The predicted octanol–water partition coefficient (Wildman–Crippen LogP) is 1.79. The maximum Gasteiger partial charge on any atom is 0.281 e. The number of nitro groups is 1. The normalized spacial score (nSPS) is 22.4. The third-order valence-electron chi connectivity index (χ3n) is 4.11. The van der Waals surface area contributed by atoms with E-state index in [4.69, 9.17) is 4.74 Å². The zero-order valence-corrected chi connectivity index (χ0v) is 14.5. The van der Waals surface area contributed by atoms with Crippen LogP contribution in [0.2, 0.25) is 0 Å². The van der Waals surface area contributed by atoms with E-state index in [2.05, 4.69) is 21.0 Å². The number of halogens is 1. The molecule has 0 N–H and O–H groups in total. The first-order valence-corrected chi connectivity index (χ1v) is 8.47. The van der Waals surface area contributed by atoms with E-state index >= 15 is 0 Å². The molecule has 1 aromatic rings. The molecule has 8 nitrogen and oxygen atoms in total. The van der Waals surface area contributed by atoms with Crippen molar-refractivity contribution in [3.8, 4) is 0 Å². The van der Waals surface area contributed by atoms with Crippen LogP contribution < -0.4 is 0 Å². The van der Waals surface area contributed by atoms with Crippen LogP contribution in [0.4, 0.5) is 0 Å². The molecular weight excluding hydrogens is 380 g/mol. The van der Waals surface area contributed by atoms with Gasteiger partial charge in [-0.05, 0) is 24.6 Å². The number of carbonyl (C=O) groups is 1. The van der Waals surface area contributed by atoms with E-state index in [1.807, 2.05) is 6.07 Å².